The molecule has 0 aromatic heterocycles. The van der Waals surface area contributed by atoms with Crippen molar-refractivity contribution in [3.8, 4) is 0 Å². The molecule has 1 aliphatic carbocycles. The third-order valence-electron chi connectivity index (χ3n) is 4.41. The Hall–Kier alpha value is -2.27. The summed E-state index contributed by atoms with van der Waals surface area (Å²) in [5.74, 6) is -0.356. The Morgan fingerprint density at radius 3 is 2.38 bits per heavy atom. The van der Waals surface area contributed by atoms with Gasteiger partial charge in [0.15, 0.2) is 0 Å². The summed E-state index contributed by atoms with van der Waals surface area (Å²) in [6, 6.07) is 17.4. The van der Waals surface area contributed by atoms with Gasteiger partial charge in [-0.1, -0.05) is 55.3 Å². The van der Waals surface area contributed by atoms with Crippen molar-refractivity contribution >= 4 is 29.3 Å². The van der Waals surface area contributed by atoms with E-state index in [9.17, 15) is 9.59 Å². The summed E-state index contributed by atoms with van der Waals surface area (Å²) in [4.78, 5) is 25.3. The Morgan fingerprint density at radius 1 is 0.923 bits per heavy atom. The normalized spacial score (nSPS) is 14.2. The second-order valence-electron chi connectivity index (χ2n) is 6.51. The molecule has 3 rings (SSSR count). The first-order valence-corrected chi connectivity index (χ1v) is 9.95. The fourth-order valence-corrected chi connectivity index (χ4v) is 4.41. The molecule has 2 amide bonds. The van der Waals surface area contributed by atoms with Crippen LogP contribution in [-0.2, 0) is 16.0 Å². The minimum absolute atomic E-state index is 0.0197. The Bertz CT molecular complexity index is 743. The molecule has 2 aromatic rings. The van der Waals surface area contributed by atoms with Crippen LogP contribution in [0.25, 0.3) is 0 Å². The number of anilines is 1. The summed E-state index contributed by atoms with van der Waals surface area (Å²) >= 11 is 1.84. The zero-order chi connectivity index (χ0) is 18.2. The van der Waals surface area contributed by atoms with Crippen LogP contribution >= 0.6 is 11.8 Å². The number of carbonyl (C=O) groups is 2. The van der Waals surface area contributed by atoms with Crippen LogP contribution in [0.2, 0.25) is 0 Å². The molecule has 1 aliphatic rings. The number of amides is 2. The van der Waals surface area contributed by atoms with Gasteiger partial charge in [-0.3, -0.25) is 9.59 Å². The predicted molar refractivity (Wildman–Crippen MR) is 106 cm³/mol. The zero-order valence-electron chi connectivity index (χ0n) is 14.7. The molecule has 0 aliphatic heterocycles. The van der Waals surface area contributed by atoms with Gasteiger partial charge in [0.2, 0.25) is 11.8 Å². The number of carbonyl (C=O) groups excluding carboxylic acids is 2. The number of nitrogens with one attached hydrogen (secondary N) is 2. The lowest BCUT2D eigenvalue weighted by Crippen LogP contribution is -2.33. The molecule has 0 saturated heterocycles. The number of hydrogen-bond acceptors (Lipinski definition) is 3. The molecule has 0 atom stereocenters. The van der Waals surface area contributed by atoms with Gasteiger partial charge < -0.3 is 10.6 Å². The highest BCUT2D eigenvalue weighted by molar-refractivity contribution is 8.00. The molecule has 2 N–H and O–H groups in total. The third kappa shape index (κ3) is 5.63. The Kier molecular flexibility index (Phi) is 6.72. The van der Waals surface area contributed by atoms with Crippen LogP contribution in [-0.4, -0.2) is 23.6 Å². The Balaban J connectivity index is 1.49. The fourth-order valence-electron chi connectivity index (χ4n) is 3.08. The van der Waals surface area contributed by atoms with Crippen LogP contribution in [0.3, 0.4) is 0 Å². The number of rotatable bonds is 7. The highest BCUT2D eigenvalue weighted by Crippen LogP contribution is 2.37. The smallest absolute Gasteiger partial charge is 0.243 e. The Morgan fingerprint density at radius 2 is 1.62 bits per heavy atom. The van der Waals surface area contributed by atoms with E-state index in [1.165, 1.54) is 25.7 Å². The van der Waals surface area contributed by atoms with E-state index in [1.807, 2.05) is 66.4 Å². The van der Waals surface area contributed by atoms with Gasteiger partial charge in [-0.05, 0) is 30.5 Å². The van der Waals surface area contributed by atoms with Crippen LogP contribution in [0.1, 0.15) is 31.2 Å². The lowest BCUT2D eigenvalue weighted by atomic mass is 10.1. The maximum Gasteiger partial charge on any atom is 0.243 e. The fraction of sp³-hybridized carbons (Fsp3) is 0.333. The zero-order valence-corrected chi connectivity index (χ0v) is 15.6. The van der Waals surface area contributed by atoms with E-state index in [2.05, 4.69) is 10.6 Å². The third-order valence-corrected chi connectivity index (χ3v) is 5.83. The van der Waals surface area contributed by atoms with Gasteiger partial charge in [-0.2, -0.15) is 0 Å². The first-order valence-electron chi connectivity index (χ1n) is 9.07. The second-order valence-corrected chi connectivity index (χ2v) is 7.85. The van der Waals surface area contributed by atoms with E-state index in [0.717, 1.165) is 16.1 Å². The van der Waals surface area contributed by atoms with Crippen molar-refractivity contribution in [3.05, 3.63) is 60.2 Å². The maximum atomic E-state index is 12.2. The van der Waals surface area contributed by atoms with Crippen molar-refractivity contribution in [2.24, 2.45) is 0 Å². The first kappa shape index (κ1) is 18.5. The number of thioether (sulfide) groups is 1. The van der Waals surface area contributed by atoms with Crippen molar-refractivity contribution in [3.63, 3.8) is 0 Å². The summed E-state index contributed by atoms with van der Waals surface area (Å²) < 4.78 is 0. The van der Waals surface area contributed by atoms with Gasteiger partial charge in [0.1, 0.15) is 0 Å². The molecule has 1 fully saturated rings. The van der Waals surface area contributed by atoms with Crippen molar-refractivity contribution in [1.82, 2.24) is 5.32 Å². The molecule has 4 nitrogen and oxygen atoms in total. The van der Waals surface area contributed by atoms with Crippen LogP contribution in [0, 0.1) is 0 Å². The van der Waals surface area contributed by atoms with Crippen molar-refractivity contribution in [2.45, 2.75) is 42.2 Å². The van der Waals surface area contributed by atoms with Crippen molar-refractivity contribution in [2.75, 3.05) is 11.9 Å². The minimum atomic E-state index is -0.203. The van der Waals surface area contributed by atoms with E-state index < -0.39 is 0 Å². The number of benzene rings is 2. The van der Waals surface area contributed by atoms with Crippen molar-refractivity contribution in [1.29, 1.82) is 0 Å². The number of hydrogen-bond donors (Lipinski definition) is 2. The molecular weight excluding hydrogens is 344 g/mol. The molecule has 0 heterocycles. The molecule has 0 unspecified atom stereocenters. The molecule has 0 radical (unpaired) electrons. The highest BCUT2D eigenvalue weighted by atomic mass is 32.2. The molecule has 5 heteroatoms. The van der Waals surface area contributed by atoms with Crippen LogP contribution in [0.15, 0.2) is 59.5 Å². The average Bonchev–Trinajstić information content (AvgIpc) is 3.16. The van der Waals surface area contributed by atoms with Gasteiger partial charge in [-0.25, -0.2) is 0 Å². The van der Waals surface area contributed by atoms with E-state index in [1.54, 1.807) is 0 Å². The Labute approximate surface area is 158 Å². The van der Waals surface area contributed by atoms with Crippen molar-refractivity contribution < 1.29 is 9.59 Å². The topological polar surface area (TPSA) is 58.2 Å². The maximum absolute atomic E-state index is 12.2. The molecular formula is C21H24N2O2S. The second kappa shape index (κ2) is 9.43. The summed E-state index contributed by atoms with van der Waals surface area (Å²) in [7, 11) is 0. The highest BCUT2D eigenvalue weighted by Gasteiger charge is 2.18. The minimum Gasteiger partial charge on any atom is -0.347 e. The monoisotopic (exact) mass is 368 g/mol. The summed E-state index contributed by atoms with van der Waals surface area (Å²) in [6.45, 7) is -0.0197. The molecule has 1 saturated carbocycles. The van der Waals surface area contributed by atoms with E-state index in [0.29, 0.717) is 5.25 Å². The summed E-state index contributed by atoms with van der Waals surface area (Å²) in [5.41, 5.74) is 1.76. The molecule has 136 valence electrons. The molecule has 26 heavy (non-hydrogen) atoms. The molecule has 2 aromatic carbocycles. The van der Waals surface area contributed by atoms with Gasteiger partial charge in [0, 0.05) is 10.1 Å². The predicted octanol–water partition coefficient (Wildman–Crippen LogP) is 4.02. The van der Waals surface area contributed by atoms with Crippen LogP contribution in [0.5, 0.6) is 0 Å². The standard InChI is InChI=1S/C21H24N2O2S/c24-20(14-16-8-2-1-3-9-16)22-15-21(25)23-18-12-6-7-13-19(18)26-17-10-4-5-11-17/h1-3,6-9,12-13,17H,4-5,10-11,14-15H2,(H,22,24)(H,23,25). The molecule has 0 bridgehead atoms. The number of para-hydroxylation sites is 1. The summed E-state index contributed by atoms with van der Waals surface area (Å²) in [6.07, 6.45) is 5.34. The van der Waals surface area contributed by atoms with Crippen LogP contribution < -0.4 is 10.6 Å². The van der Waals surface area contributed by atoms with Gasteiger partial charge in [0.05, 0.1) is 18.7 Å². The van der Waals surface area contributed by atoms with Gasteiger partial charge in [-0.15, -0.1) is 11.8 Å². The van der Waals surface area contributed by atoms with Gasteiger partial charge >= 0.3 is 0 Å². The molecule has 0 spiro atoms. The lowest BCUT2D eigenvalue weighted by molar-refractivity contribution is -0.123. The van der Waals surface area contributed by atoms with Gasteiger partial charge in [0.25, 0.3) is 0 Å². The van der Waals surface area contributed by atoms with E-state index in [-0.39, 0.29) is 24.8 Å². The SMILES string of the molecule is O=C(Cc1ccccc1)NCC(=O)Nc1ccccc1SC1CCCC1. The lowest BCUT2D eigenvalue weighted by Gasteiger charge is -2.14. The van der Waals surface area contributed by atoms with E-state index >= 15 is 0 Å². The summed E-state index contributed by atoms with van der Waals surface area (Å²) in [5, 5.41) is 6.25. The quantitative estimate of drug-likeness (QED) is 0.776. The van der Waals surface area contributed by atoms with Crippen LogP contribution in [0.4, 0.5) is 5.69 Å². The largest absolute Gasteiger partial charge is 0.347 e. The first-order chi connectivity index (χ1) is 12.7. The average molecular weight is 369 g/mol. The van der Waals surface area contributed by atoms with E-state index in [4.69, 9.17) is 0 Å².